The highest BCUT2D eigenvalue weighted by Crippen LogP contribution is 2.29. The molecule has 0 saturated heterocycles. The van der Waals surface area contributed by atoms with E-state index < -0.39 is 10.0 Å². The summed E-state index contributed by atoms with van der Waals surface area (Å²) in [5.74, 6) is 0.321. The third kappa shape index (κ3) is 3.81. The van der Waals surface area contributed by atoms with Crippen LogP contribution in [0.5, 0.6) is 5.75 Å². The van der Waals surface area contributed by atoms with Crippen molar-refractivity contribution in [1.82, 2.24) is 9.62 Å². The van der Waals surface area contributed by atoms with Crippen molar-refractivity contribution in [2.24, 2.45) is 0 Å². The van der Waals surface area contributed by atoms with Gasteiger partial charge >= 0.3 is 0 Å². The third-order valence-electron chi connectivity index (χ3n) is 2.49. The summed E-state index contributed by atoms with van der Waals surface area (Å²) >= 11 is 5.00. The van der Waals surface area contributed by atoms with E-state index in [9.17, 15) is 8.42 Å². The normalized spacial score (nSPS) is 11.2. The molecule has 1 aromatic carbocycles. The average Bonchev–Trinajstić information content (AvgIpc) is 2.40. The van der Waals surface area contributed by atoms with Crippen LogP contribution in [0.1, 0.15) is 6.92 Å². The summed E-state index contributed by atoms with van der Waals surface area (Å²) in [6.07, 6.45) is 0. The molecule has 2 N–H and O–H groups in total. The lowest BCUT2D eigenvalue weighted by molar-refractivity contribution is 0.330. The first-order valence-corrected chi connectivity index (χ1v) is 7.85. The minimum atomic E-state index is -3.59. The van der Waals surface area contributed by atoms with Crippen LogP contribution in [0.4, 0.5) is 5.69 Å². The lowest BCUT2D eigenvalue weighted by Gasteiger charge is -2.17. The van der Waals surface area contributed by atoms with Crippen molar-refractivity contribution in [3.63, 3.8) is 0 Å². The summed E-state index contributed by atoms with van der Waals surface area (Å²) in [5, 5.41) is 6.06. The molecule has 0 heterocycles. The molecule has 0 amide bonds. The Kier molecular flexibility index (Phi) is 5.73. The van der Waals surface area contributed by atoms with Crippen molar-refractivity contribution in [1.29, 1.82) is 0 Å². The summed E-state index contributed by atoms with van der Waals surface area (Å²) in [6.45, 7) is 2.19. The summed E-state index contributed by atoms with van der Waals surface area (Å²) in [4.78, 5) is 0.105. The van der Waals surface area contributed by atoms with E-state index in [4.69, 9.17) is 17.0 Å². The molecule has 20 heavy (non-hydrogen) atoms. The number of hydrogen-bond acceptors (Lipinski definition) is 4. The fourth-order valence-corrected chi connectivity index (χ4v) is 2.62. The van der Waals surface area contributed by atoms with Crippen LogP contribution < -0.4 is 15.4 Å². The first-order chi connectivity index (χ1) is 9.32. The lowest BCUT2D eigenvalue weighted by atomic mass is 10.3. The smallest absolute Gasteiger partial charge is 0.246 e. The summed E-state index contributed by atoms with van der Waals surface area (Å²) in [5.41, 5.74) is 0.577. The van der Waals surface area contributed by atoms with Gasteiger partial charge < -0.3 is 15.4 Å². The number of anilines is 1. The van der Waals surface area contributed by atoms with Gasteiger partial charge in [-0.05, 0) is 37.3 Å². The van der Waals surface area contributed by atoms with Crippen LogP contribution in [0.15, 0.2) is 23.1 Å². The minimum absolute atomic E-state index is 0.105. The zero-order valence-electron chi connectivity index (χ0n) is 11.9. The highest BCUT2D eigenvalue weighted by Gasteiger charge is 2.23. The van der Waals surface area contributed by atoms with Crippen LogP contribution >= 0.6 is 12.2 Å². The Labute approximate surface area is 125 Å². The predicted molar refractivity (Wildman–Crippen MR) is 83.8 cm³/mol. The number of nitrogens with zero attached hydrogens (tertiary/aromatic N) is 1. The molecule has 0 radical (unpaired) electrons. The molecular weight excluding hydrogens is 298 g/mol. The largest absolute Gasteiger partial charge is 0.492 e. The SMILES string of the molecule is CCOc1ccc(NC(=S)NC)cc1S(=O)(=O)N(C)C. The van der Waals surface area contributed by atoms with Gasteiger partial charge in [-0.25, -0.2) is 12.7 Å². The summed E-state index contributed by atoms with van der Waals surface area (Å²) in [6, 6.07) is 4.83. The van der Waals surface area contributed by atoms with Crippen LogP contribution in [0.25, 0.3) is 0 Å². The van der Waals surface area contributed by atoms with Crippen molar-refractivity contribution in [3.05, 3.63) is 18.2 Å². The molecule has 1 rings (SSSR count). The molecule has 0 aliphatic heterocycles. The van der Waals surface area contributed by atoms with Crippen molar-refractivity contribution in [3.8, 4) is 5.75 Å². The molecule has 8 heteroatoms. The molecule has 0 unspecified atom stereocenters. The first-order valence-electron chi connectivity index (χ1n) is 6.01. The van der Waals surface area contributed by atoms with Gasteiger partial charge in [0.25, 0.3) is 0 Å². The van der Waals surface area contributed by atoms with Crippen molar-refractivity contribution in [2.45, 2.75) is 11.8 Å². The molecule has 0 aliphatic rings. The van der Waals surface area contributed by atoms with E-state index in [1.165, 1.54) is 20.2 Å². The third-order valence-corrected chi connectivity index (χ3v) is 4.63. The Hall–Kier alpha value is -1.38. The second-order valence-electron chi connectivity index (χ2n) is 4.09. The maximum atomic E-state index is 12.3. The maximum Gasteiger partial charge on any atom is 0.246 e. The average molecular weight is 317 g/mol. The fraction of sp³-hybridized carbons (Fsp3) is 0.417. The Bertz CT molecular complexity index is 586. The monoisotopic (exact) mass is 317 g/mol. The predicted octanol–water partition coefficient (Wildman–Crippen LogP) is 1.25. The zero-order valence-corrected chi connectivity index (χ0v) is 13.6. The van der Waals surface area contributed by atoms with E-state index in [0.29, 0.717) is 23.2 Å². The fourth-order valence-electron chi connectivity index (χ4n) is 1.45. The van der Waals surface area contributed by atoms with Gasteiger partial charge in [0, 0.05) is 26.8 Å². The van der Waals surface area contributed by atoms with Gasteiger partial charge in [0.1, 0.15) is 10.6 Å². The van der Waals surface area contributed by atoms with E-state index in [1.54, 1.807) is 26.1 Å². The zero-order chi connectivity index (χ0) is 15.3. The van der Waals surface area contributed by atoms with Gasteiger partial charge in [0.2, 0.25) is 10.0 Å². The number of rotatable bonds is 5. The summed E-state index contributed by atoms with van der Waals surface area (Å²) in [7, 11) is 1.04. The molecule has 112 valence electrons. The Morgan fingerprint density at radius 1 is 1.40 bits per heavy atom. The van der Waals surface area contributed by atoms with Crippen LogP contribution in [-0.4, -0.2) is 45.6 Å². The number of benzene rings is 1. The molecular formula is C12H19N3O3S2. The Balaban J connectivity index is 3.29. The first kappa shape index (κ1) is 16.7. The standard InChI is InChI=1S/C12H19N3O3S2/c1-5-18-10-7-6-9(14-12(19)13-2)8-11(10)20(16,17)15(3)4/h6-8H,5H2,1-4H3,(H2,13,14,19). The van der Waals surface area contributed by atoms with Gasteiger partial charge in [-0.1, -0.05) is 0 Å². The highest BCUT2D eigenvalue weighted by atomic mass is 32.2. The van der Waals surface area contributed by atoms with Crippen molar-refractivity contribution < 1.29 is 13.2 Å². The Morgan fingerprint density at radius 3 is 2.55 bits per heavy atom. The van der Waals surface area contributed by atoms with E-state index in [2.05, 4.69) is 10.6 Å². The van der Waals surface area contributed by atoms with Gasteiger partial charge in [0.15, 0.2) is 5.11 Å². The van der Waals surface area contributed by atoms with E-state index >= 15 is 0 Å². The Morgan fingerprint density at radius 2 is 2.05 bits per heavy atom. The lowest BCUT2D eigenvalue weighted by Crippen LogP contribution is -2.25. The van der Waals surface area contributed by atoms with Gasteiger partial charge in [0.05, 0.1) is 6.61 Å². The number of ether oxygens (including phenoxy) is 1. The minimum Gasteiger partial charge on any atom is -0.492 e. The molecule has 0 atom stereocenters. The number of sulfonamides is 1. The molecule has 0 fully saturated rings. The molecule has 0 saturated carbocycles. The van der Waals surface area contributed by atoms with Crippen LogP contribution in [0.2, 0.25) is 0 Å². The van der Waals surface area contributed by atoms with E-state index in [-0.39, 0.29) is 4.90 Å². The van der Waals surface area contributed by atoms with Crippen LogP contribution in [0.3, 0.4) is 0 Å². The highest BCUT2D eigenvalue weighted by molar-refractivity contribution is 7.89. The molecule has 6 nitrogen and oxygen atoms in total. The van der Waals surface area contributed by atoms with Gasteiger partial charge in [-0.2, -0.15) is 0 Å². The van der Waals surface area contributed by atoms with Crippen molar-refractivity contribution >= 4 is 33.0 Å². The molecule has 1 aromatic rings. The second-order valence-corrected chi connectivity index (χ2v) is 6.61. The molecule has 0 aromatic heterocycles. The van der Waals surface area contributed by atoms with Gasteiger partial charge in [-0.3, -0.25) is 0 Å². The molecule has 0 bridgehead atoms. The van der Waals surface area contributed by atoms with E-state index in [1.807, 2.05) is 0 Å². The number of hydrogen-bond donors (Lipinski definition) is 2. The molecule has 0 aliphatic carbocycles. The quantitative estimate of drug-likeness (QED) is 0.797. The second kappa shape index (κ2) is 6.87. The number of thiocarbonyl (C=S) groups is 1. The van der Waals surface area contributed by atoms with Gasteiger partial charge in [-0.15, -0.1) is 0 Å². The topological polar surface area (TPSA) is 70.7 Å². The van der Waals surface area contributed by atoms with Crippen LogP contribution in [-0.2, 0) is 10.0 Å². The van der Waals surface area contributed by atoms with Crippen LogP contribution in [0, 0.1) is 0 Å². The molecule has 0 spiro atoms. The number of nitrogens with one attached hydrogen (secondary N) is 2. The maximum absolute atomic E-state index is 12.3. The van der Waals surface area contributed by atoms with E-state index in [0.717, 1.165) is 4.31 Å². The van der Waals surface area contributed by atoms with Crippen molar-refractivity contribution in [2.75, 3.05) is 33.1 Å². The summed E-state index contributed by atoms with van der Waals surface area (Å²) < 4.78 is 31.1.